The zero-order valence-electron chi connectivity index (χ0n) is 12.6. The lowest BCUT2D eigenvalue weighted by Gasteiger charge is -2.14. The molecule has 0 aromatic heterocycles. The zero-order valence-corrected chi connectivity index (χ0v) is 13.4. The van der Waals surface area contributed by atoms with Gasteiger partial charge in [0.1, 0.15) is 0 Å². The number of carbonyl (C=O) groups excluding carboxylic acids is 1. The molecule has 4 nitrogen and oxygen atoms in total. The summed E-state index contributed by atoms with van der Waals surface area (Å²) in [5.41, 5.74) is 2.27. The SMILES string of the molecule is Cc1ccccc1C(O)CNC(=O)c1ccc(S(C)=O)cc1. The van der Waals surface area contributed by atoms with Crippen molar-refractivity contribution in [2.24, 2.45) is 0 Å². The third-order valence-corrected chi connectivity index (χ3v) is 4.39. The molecule has 0 bridgehead atoms. The molecule has 0 aliphatic rings. The fraction of sp³-hybridized carbons (Fsp3) is 0.235. The van der Waals surface area contributed by atoms with Gasteiger partial charge in [-0.25, -0.2) is 0 Å². The van der Waals surface area contributed by atoms with E-state index in [4.69, 9.17) is 0 Å². The number of aliphatic hydroxyl groups excluding tert-OH is 1. The van der Waals surface area contributed by atoms with E-state index in [1.807, 2.05) is 31.2 Å². The topological polar surface area (TPSA) is 66.4 Å². The van der Waals surface area contributed by atoms with Gasteiger partial charge in [-0.3, -0.25) is 9.00 Å². The van der Waals surface area contributed by atoms with Crippen molar-refractivity contribution in [3.8, 4) is 0 Å². The van der Waals surface area contributed by atoms with Gasteiger partial charge in [-0.1, -0.05) is 24.3 Å². The van der Waals surface area contributed by atoms with Crippen molar-refractivity contribution >= 4 is 16.7 Å². The van der Waals surface area contributed by atoms with Gasteiger partial charge in [0.05, 0.1) is 6.10 Å². The highest BCUT2D eigenvalue weighted by molar-refractivity contribution is 7.84. The fourth-order valence-corrected chi connectivity index (χ4v) is 2.68. The van der Waals surface area contributed by atoms with Crippen molar-refractivity contribution < 1.29 is 14.1 Å². The summed E-state index contributed by atoms with van der Waals surface area (Å²) in [7, 11) is -1.06. The fourth-order valence-electron chi connectivity index (χ4n) is 2.16. The Labute approximate surface area is 132 Å². The van der Waals surface area contributed by atoms with Gasteiger partial charge >= 0.3 is 0 Å². The quantitative estimate of drug-likeness (QED) is 0.888. The third kappa shape index (κ3) is 4.02. The Kier molecular flexibility index (Phi) is 5.46. The van der Waals surface area contributed by atoms with Crippen molar-refractivity contribution in [3.63, 3.8) is 0 Å². The minimum atomic E-state index is -1.06. The van der Waals surface area contributed by atoms with E-state index in [9.17, 15) is 14.1 Å². The van der Waals surface area contributed by atoms with Crippen LogP contribution in [-0.2, 0) is 10.8 Å². The molecular weight excluding hydrogens is 298 g/mol. The van der Waals surface area contributed by atoms with E-state index in [1.54, 1.807) is 30.5 Å². The maximum Gasteiger partial charge on any atom is 0.251 e. The van der Waals surface area contributed by atoms with Crippen molar-refractivity contribution in [2.45, 2.75) is 17.9 Å². The lowest BCUT2D eigenvalue weighted by molar-refractivity contribution is 0.0916. The summed E-state index contributed by atoms with van der Waals surface area (Å²) in [6, 6.07) is 14.1. The predicted octanol–water partition coefficient (Wildman–Crippen LogP) is 2.20. The van der Waals surface area contributed by atoms with Gasteiger partial charge in [-0.2, -0.15) is 0 Å². The number of benzene rings is 2. The van der Waals surface area contributed by atoms with Gasteiger partial charge in [0.15, 0.2) is 0 Å². The Hall–Kier alpha value is -1.98. The maximum absolute atomic E-state index is 12.0. The summed E-state index contributed by atoms with van der Waals surface area (Å²) >= 11 is 0. The van der Waals surface area contributed by atoms with Crippen molar-refractivity contribution in [1.29, 1.82) is 0 Å². The molecule has 5 heteroatoms. The van der Waals surface area contributed by atoms with Crippen LogP contribution >= 0.6 is 0 Å². The van der Waals surface area contributed by atoms with Gasteiger partial charge in [0, 0.05) is 34.1 Å². The van der Waals surface area contributed by atoms with Crippen LogP contribution < -0.4 is 5.32 Å². The Morgan fingerprint density at radius 2 is 1.82 bits per heavy atom. The summed E-state index contributed by atoms with van der Waals surface area (Å²) in [5, 5.41) is 12.9. The molecule has 2 N–H and O–H groups in total. The number of aliphatic hydroxyl groups is 1. The summed E-state index contributed by atoms with van der Waals surface area (Å²) in [5.74, 6) is -0.263. The van der Waals surface area contributed by atoms with E-state index in [-0.39, 0.29) is 12.5 Å². The van der Waals surface area contributed by atoms with Crippen LogP contribution in [0.3, 0.4) is 0 Å². The second kappa shape index (κ2) is 7.33. The van der Waals surface area contributed by atoms with Gasteiger partial charge in [-0.05, 0) is 42.3 Å². The largest absolute Gasteiger partial charge is 0.387 e. The lowest BCUT2D eigenvalue weighted by atomic mass is 10.0. The molecule has 0 spiro atoms. The van der Waals surface area contributed by atoms with Gasteiger partial charge < -0.3 is 10.4 Å². The number of hydrogen-bond donors (Lipinski definition) is 2. The first-order valence-electron chi connectivity index (χ1n) is 6.94. The minimum Gasteiger partial charge on any atom is -0.387 e. The number of amides is 1. The number of aryl methyl sites for hydroxylation is 1. The second-order valence-electron chi connectivity index (χ2n) is 5.06. The van der Waals surface area contributed by atoms with Crippen LogP contribution in [0.25, 0.3) is 0 Å². The standard InChI is InChI=1S/C17H19NO3S/c1-12-5-3-4-6-15(12)16(19)11-18-17(20)13-7-9-14(10-8-13)22(2)21/h3-10,16,19H,11H2,1-2H3,(H,18,20). The molecule has 2 unspecified atom stereocenters. The highest BCUT2D eigenvalue weighted by Gasteiger charge is 2.12. The Bertz CT molecular complexity index is 683. The predicted molar refractivity (Wildman–Crippen MR) is 87.2 cm³/mol. The van der Waals surface area contributed by atoms with Gasteiger partial charge in [0.2, 0.25) is 0 Å². The van der Waals surface area contributed by atoms with E-state index < -0.39 is 16.9 Å². The van der Waals surface area contributed by atoms with E-state index in [2.05, 4.69) is 5.32 Å². The molecule has 0 radical (unpaired) electrons. The lowest BCUT2D eigenvalue weighted by Crippen LogP contribution is -2.28. The molecule has 2 aromatic rings. The first-order valence-corrected chi connectivity index (χ1v) is 8.50. The molecule has 0 aliphatic heterocycles. The van der Waals surface area contributed by atoms with E-state index >= 15 is 0 Å². The van der Waals surface area contributed by atoms with E-state index in [0.29, 0.717) is 10.5 Å². The normalized spacial score (nSPS) is 13.4. The van der Waals surface area contributed by atoms with Crippen LogP contribution in [0.4, 0.5) is 0 Å². The van der Waals surface area contributed by atoms with Crippen LogP contribution in [0.15, 0.2) is 53.4 Å². The third-order valence-electron chi connectivity index (χ3n) is 3.45. The first-order chi connectivity index (χ1) is 10.5. The Morgan fingerprint density at radius 1 is 1.18 bits per heavy atom. The molecule has 2 rings (SSSR count). The highest BCUT2D eigenvalue weighted by atomic mass is 32.2. The Balaban J connectivity index is 1.98. The maximum atomic E-state index is 12.0. The number of nitrogens with one attached hydrogen (secondary N) is 1. The smallest absolute Gasteiger partial charge is 0.251 e. The Morgan fingerprint density at radius 3 is 2.41 bits per heavy atom. The average molecular weight is 317 g/mol. The summed E-state index contributed by atoms with van der Waals surface area (Å²) < 4.78 is 11.3. The van der Waals surface area contributed by atoms with Crippen LogP contribution in [0.2, 0.25) is 0 Å². The van der Waals surface area contributed by atoms with Crippen molar-refractivity contribution in [3.05, 3.63) is 65.2 Å². The molecular formula is C17H19NO3S. The van der Waals surface area contributed by atoms with Gasteiger partial charge in [0.25, 0.3) is 5.91 Å². The van der Waals surface area contributed by atoms with Crippen LogP contribution in [-0.4, -0.2) is 28.0 Å². The zero-order chi connectivity index (χ0) is 16.1. The first kappa shape index (κ1) is 16.4. The molecule has 116 valence electrons. The summed E-state index contributed by atoms with van der Waals surface area (Å²) in [6.45, 7) is 2.06. The van der Waals surface area contributed by atoms with Crippen molar-refractivity contribution in [1.82, 2.24) is 5.32 Å². The molecule has 1 amide bonds. The van der Waals surface area contributed by atoms with Crippen LogP contribution in [0.5, 0.6) is 0 Å². The number of carbonyl (C=O) groups is 1. The van der Waals surface area contributed by atoms with Gasteiger partial charge in [-0.15, -0.1) is 0 Å². The number of rotatable bonds is 5. The van der Waals surface area contributed by atoms with E-state index in [1.165, 1.54) is 0 Å². The molecule has 0 saturated carbocycles. The molecule has 22 heavy (non-hydrogen) atoms. The molecule has 0 heterocycles. The monoisotopic (exact) mass is 317 g/mol. The van der Waals surface area contributed by atoms with E-state index in [0.717, 1.165) is 11.1 Å². The molecule has 0 aliphatic carbocycles. The van der Waals surface area contributed by atoms with Crippen LogP contribution in [0, 0.1) is 6.92 Å². The number of hydrogen-bond acceptors (Lipinski definition) is 3. The molecule has 2 aromatic carbocycles. The molecule has 0 fully saturated rings. The summed E-state index contributed by atoms with van der Waals surface area (Å²) in [4.78, 5) is 12.7. The van der Waals surface area contributed by atoms with Crippen LogP contribution in [0.1, 0.15) is 27.6 Å². The second-order valence-corrected chi connectivity index (χ2v) is 6.44. The minimum absolute atomic E-state index is 0.144. The van der Waals surface area contributed by atoms with Crippen molar-refractivity contribution in [2.75, 3.05) is 12.8 Å². The molecule has 2 atom stereocenters. The highest BCUT2D eigenvalue weighted by Crippen LogP contribution is 2.16. The average Bonchev–Trinajstić information content (AvgIpc) is 2.52. The molecule has 0 saturated heterocycles. The summed E-state index contributed by atoms with van der Waals surface area (Å²) in [6.07, 6.45) is 0.848.